The molecule has 18 heavy (non-hydrogen) atoms. The van der Waals surface area contributed by atoms with E-state index in [1.54, 1.807) is 13.0 Å². The van der Waals surface area contributed by atoms with Crippen LogP contribution in [-0.2, 0) is 14.8 Å². The number of likely N-dealkylation sites (N-methyl/N-ethyl adjacent to an activating group) is 1. The first-order valence-corrected chi connectivity index (χ1v) is 6.60. The predicted octanol–water partition coefficient (Wildman–Crippen LogP) is -0.632. The molecule has 0 aliphatic carbocycles. The molecule has 0 aromatic carbocycles. The number of amides is 1. The molecule has 1 aromatic rings. The van der Waals surface area contributed by atoms with E-state index in [1.807, 2.05) is 0 Å². The molecule has 96 valence electrons. The van der Waals surface area contributed by atoms with Crippen molar-refractivity contribution in [2.75, 3.05) is 13.1 Å². The molecule has 0 bridgehead atoms. The number of nitrogens with one attached hydrogen (secondary N) is 2. The minimum absolute atomic E-state index is 0.0919. The summed E-state index contributed by atoms with van der Waals surface area (Å²) < 4.78 is 25.6. The summed E-state index contributed by atoms with van der Waals surface area (Å²) in [5.74, 6) is -0.414. The van der Waals surface area contributed by atoms with E-state index in [9.17, 15) is 13.2 Å². The van der Waals surface area contributed by atoms with Gasteiger partial charge in [0.15, 0.2) is 0 Å². The molecule has 7 nitrogen and oxygen atoms in total. The van der Waals surface area contributed by atoms with Crippen molar-refractivity contribution in [2.45, 2.75) is 11.8 Å². The van der Waals surface area contributed by atoms with Crippen LogP contribution in [0.5, 0.6) is 0 Å². The lowest BCUT2D eigenvalue weighted by molar-refractivity contribution is -0.119. The van der Waals surface area contributed by atoms with Gasteiger partial charge in [-0.1, -0.05) is 0 Å². The van der Waals surface area contributed by atoms with Crippen LogP contribution in [0, 0.1) is 11.3 Å². The fraction of sp³-hybridized carbons (Fsp3) is 0.300. The maximum atomic E-state index is 11.7. The van der Waals surface area contributed by atoms with E-state index >= 15 is 0 Å². The van der Waals surface area contributed by atoms with Crippen LogP contribution in [0.4, 0.5) is 0 Å². The first-order valence-electron chi connectivity index (χ1n) is 5.12. The van der Waals surface area contributed by atoms with Crippen LogP contribution < -0.4 is 10.0 Å². The average molecular weight is 268 g/mol. The lowest BCUT2D eigenvalue weighted by Gasteiger charge is -2.06. The average Bonchev–Trinajstić information content (AvgIpc) is 2.37. The summed E-state index contributed by atoms with van der Waals surface area (Å²) in [5.41, 5.74) is 0.123. The van der Waals surface area contributed by atoms with E-state index in [2.05, 4.69) is 15.0 Å². The van der Waals surface area contributed by atoms with Gasteiger partial charge in [0.1, 0.15) is 16.7 Å². The highest BCUT2D eigenvalue weighted by atomic mass is 32.2. The second-order valence-electron chi connectivity index (χ2n) is 3.27. The molecule has 0 radical (unpaired) electrons. The van der Waals surface area contributed by atoms with Gasteiger partial charge in [-0.2, -0.15) is 5.26 Å². The standard InChI is InChI=1S/C10H12N4O3S/c1-2-12-10(15)7-14-18(16,17)9-4-3-8(5-11)13-6-9/h3-4,6,14H,2,7H2,1H3,(H,12,15). The number of nitrogens with zero attached hydrogens (tertiary/aromatic N) is 2. The predicted molar refractivity (Wildman–Crippen MR) is 62.8 cm³/mol. The maximum absolute atomic E-state index is 11.7. The topological polar surface area (TPSA) is 112 Å². The number of sulfonamides is 1. The zero-order valence-corrected chi connectivity index (χ0v) is 10.5. The van der Waals surface area contributed by atoms with Gasteiger partial charge in [-0.3, -0.25) is 4.79 Å². The van der Waals surface area contributed by atoms with Crippen molar-refractivity contribution < 1.29 is 13.2 Å². The molecule has 1 heterocycles. The van der Waals surface area contributed by atoms with E-state index in [4.69, 9.17) is 5.26 Å². The van der Waals surface area contributed by atoms with Crippen LogP contribution in [0.25, 0.3) is 0 Å². The molecule has 1 rings (SSSR count). The summed E-state index contributed by atoms with van der Waals surface area (Å²) in [7, 11) is -3.78. The van der Waals surface area contributed by atoms with Gasteiger partial charge >= 0.3 is 0 Å². The molecular formula is C10H12N4O3S. The zero-order chi connectivity index (χ0) is 13.6. The van der Waals surface area contributed by atoms with Gasteiger partial charge in [-0.05, 0) is 19.1 Å². The number of carbonyl (C=O) groups is 1. The van der Waals surface area contributed by atoms with Crippen molar-refractivity contribution >= 4 is 15.9 Å². The van der Waals surface area contributed by atoms with Gasteiger partial charge in [0.25, 0.3) is 0 Å². The quantitative estimate of drug-likeness (QED) is 0.738. The number of pyridine rings is 1. The molecule has 1 amide bonds. The Kier molecular flexibility index (Phi) is 4.76. The third kappa shape index (κ3) is 3.80. The molecule has 0 spiro atoms. The molecule has 2 N–H and O–H groups in total. The summed E-state index contributed by atoms with van der Waals surface area (Å²) in [4.78, 5) is 14.7. The summed E-state index contributed by atoms with van der Waals surface area (Å²) >= 11 is 0. The first-order chi connectivity index (χ1) is 8.49. The molecule has 1 aromatic heterocycles. The Morgan fingerprint density at radius 1 is 1.50 bits per heavy atom. The molecular weight excluding hydrogens is 256 g/mol. The monoisotopic (exact) mass is 268 g/mol. The minimum atomic E-state index is -3.78. The molecule has 0 saturated heterocycles. The fourth-order valence-corrected chi connectivity index (χ4v) is 2.04. The highest BCUT2D eigenvalue weighted by molar-refractivity contribution is 7.89. The third-order valence-electron chi connectivity index (χ3n) is 1.96. The van der Waals surface area contributed by atoms with E-state index in [-0.39, 0.29) is 17.1 Å². The van der Waals surface area contributed by atoms with Gasteiger partial charge in [-0.25, -0.2) is 18.1 Å². The Hall–Kier alpha value is -1.98. The lowest BCUT2D eigenvalue weighted by atomic mass is 10.4. The molecule has 0 fully saturated rings. The van der Waals surface area contributed by atoms with Crippen LogP contribution in [0.1, 0.15) is 12.6 Å². The molecule has 0 atom stereocenters. The highest BCUT2D eigenvalue weighted by Gasteiger charge is 2.15. The van der Waals surface area contributed by atoms with Crippen LogP contribution >= 0.6 is 0 Å². The molecule has 0 unspecified atom stereocenters. The summed E-state index contributed by atoms with van der Waals surface area (Å²) in [6, 6.07) is 4.33. The van der Waals surface area contributed by atoms with Gasteiger partial charge in [0.05, 0.1) is 6.54 Å². The Bertz CT molecular complexity index is 560. The maximum Gasteiger partial charge on any atom is 0.242 e. The highest BCUT2D eigenvalue weighted by Crippen LogP contribution is 2.06. The molecule has 0 aliphatic heterocycles. The van der Waals surface area contributed by atoms with Gasteiger partial charge in [0, 0.05) is 12.7 Å². The summed E-state index contributed by atoms with van der Waals surface area (Å²) in [6.45, 7) is 1.83. The molecule has 8 heteroatoms. The van der Waals surface area contributed by atoms with Crippen molar-refractivity contribution in [1.29, 1.82) is 5.26 Å². The van der Waals surface area contributed by atoms with E-state index in [1.165, 1.54) is 12.1 Å². The fourth-order valence-electron chi connectivity index (χ4n) is 1.11. The Morgan fingerprint density at radius 2 is 2.22 bits per heavy atom. The SMILES string of the molecule is CCNC(=O)CNS(=O)(=O)c1ccc(C#N)nc1. The normalized spacial score (nSPS) is 10.7. The Morgan fingerprint density at radius 3 is 2.72 bits per heavy atom. The number of hydrogen-bond donors (Lipinski definition) is 2. The Balaban J connectivity index is 2.74. The molecule has 0 saturated carbocycles. The van der Waals surface area contributed by atoms with E-state index < -0.39 is 15.9 Å². The Labute approximate surface area is 105 Å². The van der Waals surface area contributed by atoms with E-state index in [0.29, 0.717) is 6.54 Å². The second kappa shape index (κ2) is 6.09. The van der Waals surface area contributed by atoms with E-state index in [0.717, 1.165) is 6.20 Å². The van der Waals surface area contributed by atoms with Crippen molar-refractivity contribution in [3.05, 3.63) is 24.0 Å². The van der Waals surface area contributed by atoms with Gasteiger partial charge in [0.2, 0.25) is 15.9 Å². The number of hydrogen-bond acceptors (Lipinski definition) is 5. The van der Waals surface area contributed by atoms with Crippen molar-refractivity contribution in [3.8, 4) is 6.07 Å². The number of nitriles is 1. The third-order valence-corrected chi connectivity index (χ3v) is 3.34. The first kappa shape index (κ1) is 14.1. The number of carbonyl (C=O) groups excluding carboxylic acids is 1. The van der Waals surface area contributed by atoms with Crippen molar-refractivity contribution in [3.63, 3.8) is 0 Å². The number of aromatic nitrogens is 1. The number of rotatable bonds is 5. The summed E-state index contributed by atoms with van der Waals surface area (Å²) in [6.07, 6.45) is 1.07. The van der Waals surface area contributed by atoms with Crippen LogP contribution in [-0.4, -0.2) is 32.4 Å². The van der Waals surface area contributed by atoms with Gasteiger partial charge in [-0.15, -0.1) is 0 Å². The van der Waals surface area contributed by atoms with Crippen LogP contribution in [0.2, 0.25) is 0 Å². The van der Waals surface area contributed by atoms with Crippen molar-refractivity contribution in [1.82, 2.24) is 15.0 Å². The summed E-state index contributed by atoms with van der Waals surface area (Å²) in [5, 5.41) is 11.0. The van der Waals surface area contributed by atoms with Crippen molar-refractivity contribution in [2.24, 2.45) is 0 Å². The largest absolute Gasteiger partial charge is 0.355 e. The smallest absolute Gasteiger partial charge is 0.242 e. The van der Waals surface area contributed by atoms with Crippen LogP contribution in [0.3, 0.4) is 0 Å². The molecule has 0 aliphatic rings. The minimum Gasteiger partial charge on any atom is -0.355 e. The lowest BCUT2D eigenvalue weighted by Crippen LogP contribution is -2.36. The second-order valence-corrected chi connectivity index (χ2v) is 5.04. The zero-order valence-electron chi connectivity index (χ0n) is 9.67. The van der Waals surface area contributed by atoms with Gasteiger partial charge < -0.3 is 5.32 Å². The van der Waals surface area contributed by atoms with Crippen LogP contribution in [0.15, 0.2) is 23.2 Å².